The Morgan fingerprint density at radius 2 is 2.10 bits per heavy atom. The Hall–Kier alpha value is -1.35. The molecule has 3 heteroatoms. The molecular weight excluding hydrogens is 248 g/mol. The summed E-state index contributed by atoms with van der Waals surface area (Å²) < 4.78 is 0. The van der Waals surface area contributed by atoms with Crippen molar-refractivity contribution in [3.05, 3.63) is 29.8 Å². The molecule has 0 heterocycles. The van der Waals surface area contributed by atoms with Gasteiger partial charge in [-0.2, -0.15) is 0 Å². The van der Waals surface area contributed by atoms with Gasteiger partial charge in [0, 0.05) is 11.1 Å². The normalized spacial score (nSPS) is 17.1. The molecule has 1 aliphatic carbocycles. The zero-order valence-corrected chi connectivity index (χ0v) is 12.5. The topological polar surface area (TPSA) is 55.1 Å². The Morgan fingerprint density at radius 1 is 1.35 bits per heavy atom. The lowest BCUT2D eigenvalue weighted by Gasteiger charge is -2.26. The van der Waals surface area contributed by atoms with E-state index in [4.69, 9.17) is 5.73 Å². The number of anilines is 1. The van der Waals surface area contributed by atoms with E-state index in [0.29, 0.717) is 6.54 Å². The molecule has 20 heavy (non-hydrogen) atoms. The van der Waals surface area contributed by atoms with E-state index in [9.17, 15) is 4.79 Å². The van der Waals surface area contributed by atoms with Crippen molar-refractivity contribution in [2.45, 2.75) is 51.9 Å². The number of nitrogens with one attached hydrogen (secondary N) is 1. The van der Waals surface area contributed by atoms with E-state index in [-0.39, 0.29) is 11.3 Å². The summed E-state index contributed by atoms with van der Waals surface area (Å²) in [7, 11) is 0. The van der Waals surface area contributed by atoms with Gasteiger partial charge in [0.25, 0.3) is 0 Å². The zero-order valence-electron chi connectivity index (χ0n) is 12.5. The van der Waals surface area contributed by atoms with Crippen molar-refractivity contribution in [3.8, 4) is 0 Å². The van der Waals surface area contributed by atoms with Gasteiger partial charge in [0.15, 0.2) is 0 Å². The quantitative estimate of drug-likeness (QED) is 0.834. The summed E-state index contributed by atoms with van der Waals surface area (Å²) >= 11 is 0. The summed E-state index contributed by atoms with van der Waals surface area (Å²) in [4.78, 5) is 12.6. The van der Waals surface area contributed by atoms with Crippen LogP contribution in [0.25, 0.3) is 0 Å². The fourth-order valence-corrected chi connectivity index (χ4v) is 3.17. The first-order valence-electron chi connectivity index (χ1n) is 7.81. The highest BCUT2D eigenvalue weighted by molar-refractivity contribution is 5.95. The highest BCUT2D eigenvalue weighted by Crippen LogP contribution is 2.41. The van der Waals surface area contributed by atoms with Crippen LogP contribution in [0.15, 0.2) is 24.3 Å². The second-order valence-electron chi connectivity index (χ2n) is 5.89. The zero-order chi connectivity index (χ0) is 14.4. The number of carbonyl (C=O) groups excluding carboxylic acids is 1. The van der Waals surface area contributed by atoms with Crippen molar-refractivity contribution in [2.75, 3.05) is 11.9 Å². The molecule has 0 spiro atoms. The lowest BCUT2D eigenvalue weighted by atomic mass is 9.82. The lowest BCUT2D eigenvalue weighted by Crippen LogP contribution is -2.33. The minimum absolute atomic E-state index is 0.132. The van der Waals surface area contributed by atoms with Gasteiger partial charge in [0.1, 0.15) is 0 Å². The van der Waals surface area contributed by atoms with E-state index in [1.807, 2.05) is 12.1 Å². The molecule has 0 aliphatic heterocycles. The largest absolute Gasteiger partial charge is 0.330 e. The van der Waals surface area contributed by atoms with E-state index in [0.717, 1.165) is 37.8 Å². The van der Waals surface area contributed by atoms with Gasteiger partial charge in [-0.15, -0.1) is 0 Å². The molecule has 1 fully saturated rings. The summed E-state index contributed by atoms with van der Waals surface area (Å²) in [5, 5.41) is 3.12. The minimum atomic E-state index is -0.132. The first-order chi connectivity index (χ1) is 9.70. The van der Waals surface area contributed by atoms with Gasteiger partial charge in [0.05, 0.1) is 0 Å². The number of hydrogen-bond donors (Lipinski definition) is 2. The third-order valence-electron chi connectivity index (χ3n) is 4.57. The summed E-state index contributed by atoms with van der Waals surface area (Å²) in [5.41, 5.74) is 7.57. The molecule has 1 aromatic rings. The van der Waals surface area contributed by atoms with Crippen LogP contribution in [0.5, 0.6) is 0 Å². The molecule has 1 saturated carbocycles. The number of hydrogen-bond acceptors (Lipinski definition) is 2. The van der Waals surface area contributed by atoms with Crippen molar-refractivity contribution < 1.29 is 4.79 Å². The van der Waals surface area contributed by atoms with Crippen LogP contribution in [-0.2, 0) is 11.2 Å². The number of benzene rings is 1. The number of aryl methyl sites for hydroxylation is 1. The second-order valence-corrected chi connectivity index (χ2v) is 5.89. The summed E-state index contributed by atoms with van der Waals surface area (Å²) in [6.45, 7) is 2.83. The fourth-order valence-electron chi connectivity index (χ4n) is 3.17. The Labute approximate surface area is 121 Å². The second kappa shape index (κ2) is 6.89. The van der Waals surface area contributed by atoms with E-state index in [2.05, 4.69) is 24.4 Å². The average Bonchev–Trinajstić information content (AvgIpc) is 2.95. The molecule has 0 saturated heterocycles. The predicted octanol–water partition coefficient (Wildman–Crippen LogP) is 3.49. The summed E-state index contributed by atoms with van der Waals surface area (Å²) in [6, 6.07) is 8.15. The number of amides is 1. The standard InChI is InChI=1S/C17H26N2O/c1-2-17(10-3-4-11-17)16(20)19-15-9-5-7-14(13-15)8-6-12-18/h5,7,9,13H,2-4,6,8,10-12,18H2,1H3,(H,19,20). The van der Waals surface area contributed by atoms with Crippen LogP contribution in [0.1, 0.15) is 51.0 Å². The van der Waals surface area contributed by atoms with E-state index >= 15 is 0 Å². The van der Waals surface area contributed by atoms with Crippen LogP contribution in [0.4, 0.5) is 5.69 Å². The molecule has 1 aromatic carbocycles. The van der Waals surface area contributed by atoms with E-state index in [1.54, 1.807) is 0 Å². The SMILES string of the molecule is CCC1(C(=O)Nc2cccc(CCCN)c2)CCCC1. The minimum Gasteiger partial charge on any atom is -0.330 e. The molecule has 0 aromatic heterocycles. The lowest BCUT2D eigenvalue weighted by molar-refractivity contribution is -0.125. The highest BCUT2D eigenvalue weighted by Gasteiger charge is 2.39. The monoisotopic (exact) mass is 274 g/mol. The first kappa shape index (κ1) is 15.0. The van der Waals surface area contributed by atoms with Crippen molar-refractivity contribution in [1.82, 2.24) is 0 Å². The molecule has 3 nitrogen and oxygen atoms in total. The van der Waals surface area contributed by atoms with Crippen LogP contribution in [-0.4, -0.2) is 12.5 Å². The Morgan fingerprint density at radius 3 is 2.75 bits per heavy atom. The molecule has 0 atom stereocenters. The summed E-state index contributed by atoms with van der Waals surface area (Å²) in [6.07, 6.45) is 7.31. The maximum atomic E-state index is 12.6. The molecule has 0 bridgehead atoms. The van der Waals surface area contributed by atoms with Crippen molar-refractivity contribution in [2.24, 2.45) is 11.1 Å². The van der Waals surface area contributed by atoms with Gasteiger partial charge in [-0.25, -0.2) is 0 Å². The van der Waals surface area contributed by atoms with Crippen LogP contribution >= 0.6 is 0 Å². The third kappa shape index (κ3) is 3.40. The third-order valence-corrected chi connectivity index (χ3v) is 4.57. The number of carbonyl (C=O) groups is 1. The molecule has 0 radical (unpaired) electrons. The molecule has 110 valence electrons. The molecular formula is C17H26N2O. The maximum Gasteiger partial charge on any atom is 0.230 e. The van der Waals surface area contributed by atoms with E-state index < -0.39 is 0 Å². The van der Waals surface area contributed by atoms with Gasteiger partial charge < -0.3 is 11.1 Å². The Bertz CT molecular complexity index is 450. The van der Waals surface area contributed by atoms with Crippen molar-refractivity contribution >= 4 is 11.6 Å². The maximum absolute atomic E-state index is 12.6. The van der Waals surface area contributed by atoms with Gasteiger partial charge in [0.2, 0.25) is 5.91 Å². The van der Waals surface area contributed by atoms with E-state index in [1.165, 1.54) is 18.4 Å². The molecule has 2 rings (SSSR count). The van der Waals surface area contributed by atoms with Crippen molar-refractivity contribution in [3.63, 3.8) is 0 Å². The smallest absolute Gasteiger partial charge is 0.230 e. The van der Waals surface area contributed by atoms with Gasteiger partial charge in [-0.3, -0.25) is 4.79 Å². The Kier molecular flexibility index (Phi) is 5.18. The number of rotatable bonds is 6. The average molecular weight is 274 g/mol. The molecule has 1 aliphatic rings. The fraction of sp³-hybridized carbons (Fsp3) is 0.588. The molecule has 1 amide bonds. The Balaban J connectivity index is 2.03. The van der Waals surface area contributed by atoms with Crippen LogP contribution in [0, 0.1) is 5.41 Å². The number of nitrogens with two attached hydrogens (primary N) is 1. The van der Waals surface area contributed by atoms with Gasteiger partial charge in [-0.1, -0.05) is 31.9 Å². The molecule has 3 N–H and O–H groups in total. The highest BCUT2D eigenvalue weighted by atomic mass is 16.2. The first-order valence-corrected chi connectivity index (χ1v) is 7.81. The van der Waals surface area contributed by atoms with Crippen LogP contribution in [0.2, 0.25) is 0 Å². The van der Waals surface area contributed by atoms with Crippen molar-refractivity contribution in [1.29, 1.82) is 0 Å². The van der Waals surface area contributed by atoms with Gasteiger partial charge in [-0.05, 0) is 56.3 Å². The van der Waals surface area contributed by atoms with Crippen LogP contribution in [0.3, 0.4) is 0 Å². The summed E-state index contributed by atoms with van der Waals surface area (Å²) in [5.74, 6) is 0.202. The van der Waals surface area contributed by atoms with Gasteiger partial charge >= 0.3 is 0 Å². The predicted molar refractivity (Wildman–Crippen MR) is 83.6 cm³/mol. The van der Waals surface area contributed by atoms with Crippen LogP contribution < -0.4 is 11.1 Å². The molecule has 0 unspecified atom stereocenters.